The van der Waals surface area contributed by atoms with Crippen molar-refractivity contribution in [2.75, 3.05) is 25.6 Å². The molecule has 2 aromatic carbocycles. The number of amides is 1. The molecule has 5 nitrogen and oxygen atoms in total. The molecule has 1 amide bonds. The summed E-state index contributed by atoms with van der Waals surface area (Å²) in [6.45, 7) is 5.23. The number of hydrogen-bond donors (Lipinski definition) is 2. The molecule has 0 unspecified atom stereocenters. The SMILES string of the molecule is COCCCNC(=O)c1ccc(Oc2ccc(NC3CCCC3)cc2C)cc1C. The highest BCUT2D eigenvalue weighted by Crippen LogP contribution is 2.30. The van der Waals surface area contributed by atoms with Crippen LogP contribution >= 0.6 is 0 Å². The minimum Gasteiger partial charge on any atom is -0.457 e. The van der Waals surface area contributed by atoms with Crippen molar-refractivity contribution in [3.05, 3.63) is 53.1 Å². The van der Waals surface area contributed by atoms with Gasteiger partial charge in [0, 0.05) is 37.6 Å². The zero-order chi connectivity index (χ0) is 20.6. The molecule has 1 aliphatic rings. The summed E-state index contributed by atoms with van der Waals surface area (Å²) >= 11 is 0. The minimum atomic E-state index is -0.0660. The van der Waals surface area contributed by atoms with Gasteiger partial charge in [-0.05, 0) is 80.6 Å². The molecule has 0 saturated heterocycles. The molecule has 156 valence electrons. The minimum absolute atomic E-state index is 0.0660. The van der Waals surface area contributed by atoms with Crippen molar-refractivity contribution in [2.24, 2.45) is 0 Å². The standard InChI is InChI=1S/C24H32N2O3/c1-17-16-21(10-11-22(17)24(27)25-13-6-14-28-3)29-23-12-9-20(15-18(23)2)26-19-7-4-5-8-19/h9-12,15-16,19,26H,4-8,13-14H2,1-3H3,(H,25,27). The number of anilines is 1. The molecule has 0 bridgehead atoms. The molecule has 0 aromatic heterocycles. The zero-order valence-corrected chi connectivity index (χ0v) is 17.7. The molecule has 2 N–H and O–H groups in total. The van der Waals surface area contributed by atoms with E-state index in [4.69, 9.17) is 9.47 Å². The maximum absolute atomic E-state index is 12.3. The first-order valence-electron chi connectivity index (χ1n) is 10.5. The number of carbonyl (C=O) groups excluding carboxylic acids is 1. The van der Waals surface area contributed by atoms with E-state index in [2.05, 4.69) is 29.7 Å². The van der Waals surface area contributed by atoms with Gasteiger partial charge in [-0.15, -0.1) is 0 Å². The number of ether oxygens (including phenoxy) is 2. The lowest BCUT2D eigenvalue weighted by molar-refractivity contribution is 0.0948. The van der Waals surface area contributed by atoms with E-state index < -0.39 is 0 Å². The molecule has 2 aromatic rings. The van der Waals surface area contributed by atoms with Crippen LogP contribution in [0.25, 0.3) is 0 Å². The van der Waals surface area contributed by atoms with Crippen LogP contribution in [0.5, 0.6) is 11.5 Å². The van der Waals surface area contributed by atoms with Crippen LogP contribution in [0.15, 0.2) is 36.4 Å². The number of aryl methyl sites for hydroxylation is 2. The first-order chi connectivity index (χ1) is 14.1. The first kappa shape index (κ1) is 21.2. The van der Waals surface area contributed by atoms with E-state index in [1.807, 2.05) is 31.2 Å². The van der Waals surface area contributed by atoms with E-state index in [-0.39, 0.29) is 5.91 Å². The summed E-state index contributed by atoms with van der Waals surface area (Å²) in [5, 5.41) is 6.54. The third kappa shape index (κ3) is 5.97. The number of rotatable bonds is 9. The Balaban J connectivity index is 1.61. The Kier molecular flexibility index (Phi) is 7.53. The fraction of sp³-hybridized carbons (Fsp3) is 0.458. The third-order valence-electron chi connectivity index (χ3n) is 5.38. The third-order valence-corrected chi connectivity index (χ3v) is 5.38. The van der Waals surface area contributed by atoms with E-state index in [0.29, 0.717) is 24.8 Å². The van der Waals surface area contributed by atoms with Crippen molar-refractivity contribution >= 4 is 11.6 Å². The average Bonchev–Trinajstić information content (AvgIpc) is 3.20. The van der Waals surface area contributed by atoms with Gasteiger partial charge >= 0.3 is 0 Å². The predicted molar refractivity (Wildman–Crippen MR) is 117 cm³/mol. The molecule has 1 saturated carbocycles. The highest BCUT2D eigenvalue weighted by atomic mass is 16.5. The van der Waals surface area contributed by atoms with E-state index >= 15 is 0 Å². The van der Waals surface area contributed by atoms with Crippen LogP contribution in [0.3, 0.4) is 0 Å². The molecule has 3 rings (SSSR count). The fourth-order valence-corrected chi connectivity index (χ4v) is 3.75. The average molecular weight is 397 g/mol. The summed E-state index contributed by atoms with van der Waals surface area (Å²) in [6, 6.07) is 12.4. The number of carbonyl (C=O) groups is 1. The second kappa shape index (κ2) is 10.3. The lowest BCUT2D eigenvalue weighted by atomic mass is 10.1. The van der Waals surface area contributed by atoms with Crippen LogP contribution < -0.4 is 15.4 Å². The molecule has 0 spiro atoms. The fourth-order valence-electron chi connectivity index (χ4n) is 3.75. The van der Waals surface area contributed by atoms with Crippen LogP contribution in [0.1, 0.15) is 53.6 Å². The van der Waals surface area contributed by atoms with Crippen LogP contribution in [-0.4, -0.2) is 32.2 Å². The Morgan fingerprint density at radius 2 is 1.86 bits per heavy atom. The second-order valence-electron chi connectivity index (χ2n) is 7.79. The summed E-state index contributed by atoms with van der Waals surface area (Å²) in [5.74, 6) is 1.50. The number of benzene rings is 2. The highest BCUT2D eigenvalue weighted by molar-refractivity contribution is 5.95. The zero-order valence-electron chi connectivity index (χ0n) is 17.7. The summed E-state index contributed by atoms with van der Waals surface area (Å²) in [5.41, 5.74) is 3.80. The summed E-state index contributed by atoms with van der Waals surface area (Å²) in [6.07, 6.45) is 5.94. The van der Waals surface area contributed by atoms with Gasteiger partial charge in [-0.3, -0.25) is 4.79 Å². The Hall–Kier alpha value is -2.53. The van der Waals surface area contributed by atoms with Gasteiger partial charge in [-0.25, -0.2) is 0 Å². The quantitative estimate of drug-likeness (QED) is 0.571. The monoisotopic (exact) mass is 396 g/mol. The van der Waals surface area contributed by atoms with Gasteiger partial charge < -0.3 is 20.1 Å². The second-order valence-corrected chi connectivity index (χ2v) is 7.79. The number of hydrogen-bond acceptors (Lipinski definition) is 4. The summed E-state index contributed by atoms with van der Waals surface area (Å²) in [4.78, 5) is 12.3. The molecule has 0 aliphatic heterocycles. The normalized spacial score (nSPS) is 14.0. The molecule has 1 aliphatic carbocycles. The van der Waals surface area contributed by atoms with E-state index in [9.17, 15) is 4.79 Å². The van der Waals surface area contributed by atoms with Gasteiger partial charge in [0.2, 0.25) is 0 Å². The van der Waals surface area contributed by atoms with Crippen molar-refractivity contribution in [3.63, 3.8) is 0 Å². The molecular formula is C24H32N2O3. The van der Waals surface area contributed by atoms with Crippen molar-refractivity contribution < 1.29 is 14.3 Å². The van der Waals surface area contributed by atoms with Crippen LogP contribution in [0, 0.1) is 13.8 Å². The van der Waals surface area contributed by atoms with E-state index in [1.54, 1.807) is 7.11 Å². The van der Waals surface area contributed by atoms with Gasteiger partial charge in [-0.2, -0.15) is 0 Å². The van der Waals surface area contributed by atoms with Gasteiger partial charge in [0.05, 0.1) is 0 Å². The van der Waals surface area contributed by atoms with E-state index in [0.717, 1.165) is 34.7 Å². The van der Waals surface area contributed by atoms with Crippen LogP contribution in [0.2, 0.25) is 0 Å². The van der Waals surface area contributed by atoms with Gasteiger partial charge in [0.15, 0.2) is 0 Å². The van der Waals surface area contributed by atoms with Crippen LogP contribution in [0.4, 0.5) is 5.69 Å². The topological polar surface area (TPSA) is 59.6 Å². The Morgan fingerprint density at radius 1 is 1.07 bits per heavy atom. The smallest absolute Gasteiger partial charge is 0.251 e. The molecule has 5 heteroatoms. The molecule has 0 atom stereocenters. The Labute approximate surface area is 173 Å². The van der Waals surface area contributed by atoms with Crippen molar-refractivity contribution in [2.45, 2.75) is 52.0 Å². The van der Waals surface area contributed by atoms with Gasteiger partial charge in [0.25, 0.3) is 5.91 Å². The van der Waals surface area contributed by atoms with Crippen LogP contribution in [-0.2, 0) is 4.74 Å². The lowest BCUT2D eigenvalue weighted by Gasteiger charge is -2.16. The summed E-state index contributed by atoms with van der Waals surface area (Å²) < 4.78 is 11.1. The first-order valence-corrected chi connectivity index (χ1v) is 10.5. The Bertz CT molecular complexity index is 829. The molecule has 29 heavy (non-hydrogen) atoms. The maximum Gasteiger partial charge on any atom is 0.251 e. The highest BCUT2D eigenvalue weighted by Gasteiger charge is 2.15. The van der Waals surface area contributed by atoms with Crippen molar-refractivity contribution in [1.82, 2.24) is 5.32 Å². The molecule has 0 heterocycles. The number of methoxy groups -OCH3 is 1. The van der Waals surface area contributed by atoms with Gasteiger partial charge in [0.1, 0.15) is 11.5 Å². The van der Waals surface area contributed by atoms with Gasteiger partial charge in [-0.1, -0.05) is 12.8 Å². The lowest BCUT2D eigenvalue weighted by Crippen LogP contribution is -2.25. The van der Waals surface area contributed by atoms with Crippen molar-refractivity contribution in [1.29, 1.82) is 0 Å². The number of nitrogens with one attached hydrogen (secondary N) is 2. The maximum atomic E-state index is 12.3. The summed E-state index contributed by atoms with van der Waals surface area (Å²) in [7, 11) is 1.66. The molecule has 1 fully saturated rings. The molecule has 0 radical (unpaired) electrons. The van der Waals surface area contributed by atoms with Crippen molar-refractivity contribution in [3.8, 4) is 11.5 Å². The largest absolute Gasteiger partial charge is 0.457 e. The Morgan fingerprint density at radius 3 is 2.55 bits per heavy atom. The van der Waals surface area contributed by atoms with E-state index in [1.165, 1.54) is 25.7 Å². The molecular weight excluding hydrogens is 364 g/mol. The predicted octanol–water partition coefficient (Wildman–Crippen LogP) is 5.22.